The van der Waals surface area contributed by atoms with Crippen LogP contribution >= 0.6 is 43.2 Å². The summed E-state index contributed by atoms with van der Waals surface area (Å²) in [5.74, 6) is 1.43. The van der Waals surface area contributed by atoms with Gasteiger partial charge in [0.2, 0.25) is 5.43 Å². The van der Waals surface area contributed by atoms with Gasteiger partial charge in [0.25, 0.3) is 0 Å². The smallest absolute Gasteiger partial charge is 0.410 e. The average Bonchev–Trinajstić information content (AvgIpc) is 3.22. The number of rotatable bonds is 6. The number of ether oxygens (including phenoxy) is 2. The minimum atomic E-state index is -0.602. The van der Waals surface area contributed by atoms with Gasteiger partial charge >= 0.3 is 6.09 Å². The van der Waals surface area contributed by atoms with E-state index in [1.54, 1.807) is 11.0 Å². The number of aromatic nitrogens is 1. The lowest BCUT2D eigenvalue weighted by molar-refractivity contribution is 0.0113. The van der Waals surface area contributed by atoms with E-state index in [9.17, 15) is 9.59 Å². The molecule has 1 aliphatic rings. The van der Waals surface area contributed by atoms with Crippen LogP contribution in [-0.2, 0) is 4.74 Å². The van der Waals surface area contributed by atoms with Gasteiger partial charge < -0.3 is 24.7 Å². The molecule has 1 amide bonds. The predicted molar refractivity (Wildman–Crippen MR) is 143 cm³/mol. The zero-order valence-corrected chi connectivity index (χ0v) is 23.2. The van der Waals surface area contributed by atoms with E-state index >= 15 is 0 Å². The SMILES string of the molecule is CC(C)(C)OC(=O)N(CCCNc1cc(=O)c2sccc2[nH]1)C1CCOc2c(Br)cc(Br)cc21. The lowest BCUT2D eigenvalue weighted by atomic mass is 9.99. The van der Waals surface area contributed by atoms with E-state index in [0.29, 0.717) is 38.4 Å². The van der Waals surface area contributed by atoms with Gasteiger partial charge in [0.15, 0.2) is 0 Å². The molecule has 3 heterocycles. The standard InChI is InChI=1S/C24H27Br2N3O4S/c1-24(2,3)33-23(31)29(18-5-9-32-21-15(18)11-14(25)12-16(21)26)8-4-7-27-20-13-19(30)22-17(28-20)6-10-34-22/h6,10-13,18H,4-5,7-9H2,1-3H3,(H2,27,28,30). The normalized spacial score (nSPS) is 15.5. The Morgan fingerprint density at radius 1 is 1.32 bits per heavy atom. The van der Waals surface area contributed by atoms with Crippen molar-refractivity contribution in [3.63, 3.8) is 0 Å². The van der Waals surface area contributed by atoms with Crippen molar-refractivity contribution in [2.45, 2.75) is 45.3 Å². The molecule has 0 saturated carbocycles. The second-order valence-corrected chi connectivity index (χ2v) is 11.8. The summed E-state index contributed by atoms with van der Waals surface area (Å²) in [5, 5.41) is 5.18. The van der Waals surface area contributed by atoms with E-state index in [-0.39, 0.29) is 17.6 Å². The van der Waals surface area contributed by atoms with Gasteiger partial charge in [-0.2, -0.15) is 0 Å². The van der Waals surface area contributed by atoms with Crippen LogP contribution in [0.15, 0.2) is 43.4 Å². The molecule has 1 unspecified atom stereocenters. The van der Waals surface area contributed by atoms with Gasteiger partial charge in [0.1, 0.15) is 17.2 Å². The van der Waals surface area contributed by atoms with Crippen LogP contribution in [0.1, 0.15) is 45.2 Å². The highest BCUT2D eigenvalue weighted by Gasteiger charge is 2.34. The highest BCUT2D eigenvalue weighted by molar-refractivity contribution is 9.11. The minimum absolute atomic E-state index is 0.00315. The van der Waals surface area contributed by atoms with Crippen LogP contribution in [0.4, 0.5) is 10.6 Å². The molecule has 34 heavy (non-hydrogen) atoms. The van der Waals surface area contributed by atoms with Crippen LogP contribution in [-0.4, -0.2) is 41.3 Å². The largest absolute Gasteiger partial charge is 0.492 e. The fraction of sp³-hybridized carbons (Fsp3) is 0.417. The molecular weight excluding hydrogens is 586 g/mol. The summed E-state index contributed by atoms with van der Waals surface area (Å²) in [6, 6.07) is 7.24. The molecule has 1 aliphatic heterocycles. The van der Waals surface area contributed by atoms with Gasteiger partial charge in [-0.3, -0.25) is 4.79 Å². The number of anilines is 1. The molecule has 3 aromatic rings. The molecule has 0 saturated heterocycles. The van der Waals surface area contributed by atoms with Crippen molar-refractivity contribution < 1.29 is 14.3 Å². The molecular formula is C24H27Br2N3O4S. The van der Waals surface area contributed by atoms with Crippen molar-refractivity contribution in [2.75, 3.05) is 25.0 Å². The fourth-order valence-corrected chi connectivity index (χ4v) is 6.10. The molecule has 1 atom stereocenters. The van der Waals surface area contributed by atoms with Gasteiger partial charge in [0, 0.05) is 35.6 Å². The van der Waals surface area contributed by atoms with E-state index < -0.39 is 5.60 Å². The molecule has 0 aliphatic carbocycles. The van der Waals surface area contributed by atoms with Crippen LogP contribution in [0.2, 0.25) is 0 Å². The number of benzene rings is 1. The molecule has 2 aromatic heterocycles. The molecule has 10 heteroatoms. The Bertz CT molecular complexity index is 1250. The van der Waals surface area contributed by atoms with Crippen molar-refractivity contribution in [2.24, 2.45) is 0 Å². The Morgan fingerprint density at radius 2 is 2.12 bits per heavy atom. The van der Waals surface area contributed by atoms with Crippen LogP contribution < -0.4 is 15.5 Å². The molecule has 0 bridgehead atoms. The molecule has 0 fully saturated rings. The third-order valence-electron chi connectivity index (χ3n) is 5.36. The summed E-state index contributed by atoms with van der Waals surface area (Å²) < 4.78 is 14.1. The fourth-order valence-electron chi connectivity index (χ4n) is 3.97. The molecule has 2 N–H and O–H groups in total. The first-order chi connectivity index (χ1) is 16.1. The second kappa shape index (κ2) is 10.3. The first kappa shape index (κ1) is 25.1. The molecule has 182 valence electrons. The number of carbonyl (C=O) groups excluding carboxylic acids is 1. The van der Waals surface area contributed by atoms with Gasteiger partial charge in [-0.15, -0.1) is 11.3 Å². The monoisotopic (exact) mass is 611 g/mol. The Morgan fingerprint density at radius 3 is 2.88 bits per heavy atom. The number of carbonyl (C=O) groups is 1. The van der Waals surface area contributed by atoms with Crippen LogP contribution in [0.5, 0.6) is 5.75 Å². The van der Waals surface area contributed by atoms with Crippen molar-refractivity contribution >= 4 is 65.3 Å². The number of halogens is 2. The number of nitrogens with one attached hydrogen (secondary N) is 2. The summed E-state index contributed by atoms with van der Waals surface area (Å²) in [5.41, 5.74) is 1.16. The topological polar surface area (TPSA) is 83.7 Å². The second-order valence-electron chi connectivity index (χ2n) is 9.12. The van der Waals surface area contributed by atoms with Crippen LogP contribution in [0.3, 0.4) is 0 Å². The summed E-state index contributed by atoms with van der Waals surface area (Å²) in [6.45, 7) is 7.19. The van der Waals surface area contributed by atoms with E-state index in [4.69, 9.17) is 9.47 Å². The predicted octanol–water partition coefficient (Wildman–Crippen LogP) is 6.68. The van der Waals surface area contributed by atoms with Gasteiger partial charge in [-0.1, -0.05) is 15.9 Å². The number of aromatic amines is 1. The van der Waals surface area contributed by atoms with Crippen molar-refractivity contribution in [1.29, 1.82) is 0 Å². The third-order valence-corrected chi connectivity index (χ3v) is 7.34. The summed E-state index contributed by atoms with van der Waals surface area (Å²) in [7, 11) is 0. The molecule has 7 nitrogen and oxygen atoms in total. The quantitative estimate of drug-likeness (QED) is 0.304. The number of H-pyrrole nitrogens is 1. The lowest BCUT2D eigenvalue weighted by Crippen LogP contribution is -2.42. The Labute approximate surface area is 219 Å². The van der Waals surface area contributed by atoms with E-state index in [2.05, 4.69) is 42.2 Å². The van der Waals surface area contributed by atoms with Gasteiger partial charge in [-0.05, 0) is 66.7 Å². The number of hydrogen-bond acceptors (Lipinski definition) is 6. The number of amides is 1. The maximum atomic E-state index is 13.2. The Hall–Kier alpha value is -2.04. The Balaban J connectivity index is 1.50. The number of fused-ring (bicyclic) bond motifs is 2. The van der Waals surface area contributed by atoms with Gasteiger partial charge in [-0.25, -0.2) is 4.79 Å². The number of nitrogens with zero attached hydrogens (tertiary/aromatic N) is 1. The van der Waals surface area contributed by atoms with Crippen molar-refractivity contribution in [1.82, 2.24) is 9.88 Å². The minimum Gasteiger partial charge on any atom is -0.492 e. The number of hydrogen-bond donors (Lipinski definition) is 2. The molecule has 4 rings (SSSR count). The first-order valence-corrected chi connectivity index (χ1v) is 13.5. The first-order valence-electron chi connectivity index (χ1n) is 11.1. The summed E-state index contributed by atoms with van der Waals surface area (Å²) in [6.07, 6.45) is 0.991. The molecule has 0 spiro atoms. The zero-order valence-electron chi connectivity index (χ0n) is 19.2. The summed E-state index contributed by atoms with van der Waals surface area (Å²) in [4.78, 5) is 30.5. The maximum Gasteiger partial charge on any atom is 0.410 e. The lowest BCUT2D eigenvalue weighted by Gasteiger charge is -2.37. The highest BCUT2D eigenvalue weighted by Crippen LogP contribution is 2.43. The van der Waals surface area contributed by atoms with Crippen molar-refractivity contribution in [3.05, 3.63) is 54.4 Å². The van der Waals surface area contributed by atoms with Crippen LogP contribution in [0.25, 0.3) is 10.2 Å². The molecule has 1 aromatic carbocycles. The Kier molecular flexibility index (Phi) is 7.59. The highest BCUT2D eigenvalue weighted by atomic mass is 79.9. The van der Waals surface area contributed by atoms with Crippen molar-refractivity contribution in [3.8, 4) is 5.75 Å². The van der Waals surface area contributed by atoms with E-state index in [1.807, 2.05) is 44.4 Å². The summed E-state index contributed by atoms with van der Waals surface area (Å²) >= 11 is 8.56. The van der Waals surface area contributed by atoms with Crippen LogP contribution in [0, 0.1) is 0 Å². The number of thiophene rings is 1. The third kappa shape index (κ3) is 5.78. The zero-order chi connectivity index (χ0) is 24.5. The maximum absolute atomic E-state index is 13.2. The average molecular weight is 613 g/mol. The van der Waals surface area contributed by atoms with Gasteiger partial charge in [0.05, 0.1) is 27.3 Å². The van der Waals surface area contributed by atoms with E-state index in [0.717, 1.165) is 30.5 Å². The molecule has 0 radical (unpaired) electrons. The van der Waals surface area contributed by atoms with E-state index in [1.165, 1.54) is 11.3 Å². The number of pyridine rings is 1.